The molecular formula is C21H16N5+. The Kier molecular flexibility index (Phi) is 2.54. The van der Waals surface area contributed by atoms with Crippen molar-refractivity contribution in [3.05, 3.63) is 72.7 Å². The minimum absolute atomic E-state index is 0.836. The molecular weight excluding hydrogens is 322 g/mol. The summed E-state index contributed by atoms with van der Waals surface area (Å²) in [7, 11) is 2.12. The van der Waals surface area contributed by atoms with Gasteiger partial charge >= 0.3 is 5.82 Å². The van der Waals surface area contributed by atoms with Gasteiger partial charge in [-0.3, -0.25) is 4.98 Å². The van der Waals surface area contributed by atoms with Crippen LogP contribution in [-0.4, -0.2) is 19.1 Å². The lowest BCUT2D eigenvalue weighted by Crippen LogP contribution is -2.31. The topological polar surface area (TPSA) is 39.5 Å². The summed E-state index contributed by atoms with van der Waals surface area (Å²) in [6.07, 6.45) is 5.70. The SMILES string of the molecule is Cn1c2ccncc2c2c1n(-c1ccccc1)c1[n+]2Cc2cccnc2-1. The van der Waals surface area contributed by atoms with E-state index in [1.165, 1.54) is 27.6 Å². The average Bonchev–Trinajstić information content (AvgIpc) is 3.31. The highest BCUT2D eigenvalue weighted by Gasteiger charge is 2.38. The van der Waals surface area contributed by atoms with E-state index in [0.717, 1.165) is 23.8 Å². The largest absolute Gasteiger partial charge is 0.315 e. The van der Waals surface area contributed by atoms with Crippen molar-refractivity contribution in [2.24, 2.45) is 7.05 Å². The second-order valence-corrected chi connectivity index (χ2v) is 6.72. The number of rotatable bonds is 1. The van der Waals surface area contributed by atoms with Gasteiger partial charge in [-0.2, -0.15) is 4.57 Å². The zero-order valence-electron chi connectivity index (χ0n) is 14.3. The number of fused-ring (bicyclic) bond motifs is 7. The van der Waals surface area contributed by atoms with Crippen LogP contribution in [0.5, 0.6) is 0 Å². The number of aryl methyl sites for hydroxylation is 1. The van der Waals surface area contributed by atoms with Gasteiger partial charge in [0.1, 0.15) is 12.2 Å². The van der Waals surface area contributed by atoms with Gasteiger partial charge in [0.15, 0.2) is 5.69 Å². The summed E-state index contributed by atoms with van der Waals surface area (Å²) in [5, 5.41) is 1.17. The van der Waals surface area contributed by atoms with Crippen LogP contribution in [0.4, 0.5) is 0 Å². The summed E-state index contributed by atoms with van der Waals surface area (Å²) < 4.78 is 6.96. The van der Waals surface area contributed by atoms with E-state index in [2.05, 4.69) is 68.2 Å². The van der Waals surface area contributed by atoms with Crippen molar-refractivity contribution in [1.82, 2.24) is 19.1 Å². The first-order chi connectivity index (χ1) is 12.8. The fourth-order valence-corrected chi connectivity index (χ4v) is 4.25. The van der Waals surface area contributed by atoms with Crippen LogP contribution >= 0.6 is 0 Å². The predicted octanol–water partition coefficient (Wildman–Crippen LogP) is 3.23. The molecule has 5 heteroatoms. The van der Waals surface area contributed by atoms with Crippen LogP contribution in [0.1, 0.15) is 5.56 Å². The van der Waals surface area contributed by atoms with Gasteiger partial charge in [0.05, 0.1) is 10.9 Å². The molecule has 1 aromatic carbocycles. The normalized spacial score (nSPS) is 12.7. The Morgan fingerprint density at radius 2 is 1.88 bits per heavy atom. The van der Waals surface area contributed by atoms with Gasteiger partial charge in [-0.05, 0) is 24.3 Å². The third kappa shape index (κ3) is 1.57. The molecule has 6 rings (SSSR count). The van der Waals surface area contributed by atoms with Crippen LogP contribution in [0.2, 0.25) is 0 Å². The summed E-state index contributed by atoms with van der Waals surface area (Å²) in [4.78, 5) is 9.09. The Morgan fingerprint density at radius 3 is 2.77 bits per heavy atom. The molecule has 0 aliphatic carbocycles. The average molecular weight is 338 g/mol. The van der Waals surface area contributed by atoms with Gasteiger partial charge in [0.2, 0.25) is 5.52 Å². The van der Waals surface area contributed by atoms with Crippen molar-refractivity contribution in [2.45, 2.75) is 6.54 Å². The number of aromatic nitrogens is 5. The molecule has 1 aliphatic rings. The first-order valence-electron chi connectivity index (χ1n) is 8.71. The molecule has 0 amide bonds. The van der Waals surface area contributed by atoms with E-state index in [1.54, 1.807) is 0 Å². The Hall–Kier alpha value is -3.47. The highest BCUT2D eigenvalue weighted by atomic mass is 15.3. The molecule has 5 aromatic rings. The summed E-state index contributed by atoms with van der Waals surface area (Å²) in [5.41, 5.74) is 7.04. The highest BCUT2D eigenvalue weighted by molar-refractivity contribution is 6.03. The summed E-state index contributed by atoms with van der Waals surface area (Å²) in [6.45, 7) is 0.836. The highest BCUT2D eigenvalue weighted by Crippen LogP contribution is 2.36. The van der Waals surface area contributed by atoms with E-state index in [-0.39, 0.29) is 0 Å². The Labute approximate surface area is 149 Å². The monoisotopic (exact) mass is 338 g/mol. The smallest absolute Gasteiger partial charge is 0.307 e. The van der Waals surface area contributed by atoms with Crippen LogP contribution in [0, 0.1) is 0 Å². The number of benzene rings is 1. The van der Waals surface area contributed by atoms with Crippen molar-refractivity contribution in [1.29, 1.82) is 0 Å². The first kappa shape index (κ1) is 13.8. The van der Waals surface area contributed by atoms with E-state index in [1.807, 2.05) is 24.7 Å². The quantitative estimate of drug-likeness (QED) is 0.432. The van der Waals surface area contributed by atoms with Crippen LogP contribution in [0.25, 0.3) is 39.3 Å². The van der Waals surface area contributed by atoms with Gasteiger partial charge in [-0.15, -0.1) is 0 Å². The molecule has 0 unspecified atom stereocenters. The van der Waals surface area contributed by atoms with E-state index >= 15 is 0 Å². The zero-order chi connectivity index (χ0) is 17.3. The van der Waals surface area contributed by atoms with E-state index < -0.39 is 0 Å². The molecule has 0 saturated carbocycles. The van der Waals surface area contributed by atoms with Crippen LogP contribution in [0.3, 0.4) is 0 Å². The molecule has 26 heavy (non-hydrogen) atoms. The Balaban J connectivity index is 1.87. The maximum absolute atomic E-state index is 4.70. The number of hydrogen-bond donors (Lipinski definition) is 0. The Morgan fingerprint density at radius 1 is 1.00 bits per heavy atom. The molecule has 1 aliphatic heterocycles. The maximum atomic E-state index is 4.70. The molecule has 0 bridgehead atoms. The summed E-state index contributed by atoms with van der Waals surface area (Å²) in [6, 6.07) is 16.8. The van der Waals surface area contributed by atoms with Crippen molar-refractivity contribution in [3.63, 3.8) is 0 Å². The van der Waals surface area contributed by atoms with E-state index in [9.17, 15) is 0 Å². The lowest BCUT2D eigenvalue weighted by molar-refractivity contribution is -0.645. The molecule has 0 saturated heterocycles. The Bertz CT molecular complexity index is 1310. The number of hydrogen-bond acceptors (Lipinski definition) is 2. The maximum Gasteiger partial charge on any atom is 0.315 e. The molecule has 4 aromatic heterocycles. The predicted molar refractivity (Wildman–Crippen MR) is 100 cm³/mol. The van der Waals surface area contributed by atoms with Gasteiger partial charge in [0.25, 0.3) is 5.65 Å². The molecule has 0 fully saturated rings. The lowest BCUT2D eigenvalue weighted by Gasteiger charge is -2.03. The molecule has 0 radical (unpaired) electrons. The fourth-order valence-electron chi connectivity index (χ4n) is 4.25. The zero-order valence-corrected chi connectivity index (χ0v) is 14.3. The summed E-state index contributed by atoms with van der Waals surface area (Å²) >= 11 is 0. The fraction of sp³-hybridized carbons (Fsp3) is 0.0952. The lowest BCUT2D eigenvalue weighted by atomic mass is 10.2. The molecule has 0 N–H and O–H groups in total. The molecule has 0 atom stereocenters. The summed E-state index contributed by atoms with van der Waals surface area (Å²) in [5.74, 6) is 1.14. The van der Waals surface area contributed by atoms with E-state index in [4.69, 9.17) is 4.98 Å². The third-order valence-electron chi connectivity index (χ3n) is 5.34. The van der Waals surface area contributed by atoms with Crippen LogP contribution in [-0.2, 0) is 13.6 Å². The van der Waals surface area contributed by atoms with Crippen molar-refractivity contribution in [3.8, 4) is 17.2 Å². The minimum Gasteiger partial charge on any atom is -0.307 e. The van der Waals surface area contributed by atoms with Crippen molar-refractivity contribution < 1.29 is 4.57 Å². The number of pyridine rings is 2. The molecule has 5 heterocycles. The van der Waals surface area contributed by atoms with Gasteiger partial charge < -0.3 is 4.57 Å². The minimum atomic E-state index is 0.836. The van der Waals surface area contributed by atoms with Crippen LogP contribution < -0.4 is 4.57 Å². The van der Waals surface area contributed by atoms with Gasteiger partial charge in [-0.25, -0.2) is 9.55 Å². The van der Waals surface area contributed by atoms with Crippen LogP contribution in [0.15, 0.2) is 67.1 Å². The molecule has 124 valence electrons. The second kappa shape index (κ2) is 4.79. The number of para-hydroxylation sites is 1. The third-order valence-corrected chi connectivity index (χ3v) is 5.34. The van der Waals surface area contributed by atoms with E-state index in [0.29, 0.717) is 0 Å². The first-order valence-corrected chi connectivity index (χ1v) is 8.71. The van der Waals surface area contributed by atoms with Crippen molar-refractivity contribution in [2.75, 3.05) is 0 Å². The second-order valence-electron chi connectivity index (χ2n) is 6.72. The number of imidazole rings is 1. The van der Waals surface area contributed by atoms with Gasteiger partial charge in [0, 0.05) is 31.2 Å². The van der Waals surface area contributed by atoms with Gasteiger partial charge in [-0.1, -0.05) is 24.3 Å². The van der Waals surface area contributed by atoms with Crippen molar-refractivity contribution >= 4 is 22.1 Å². The number of nitrogens with zero attached hydrogens (tertiary/aromatic N) is 5. The molecule has 0 spiro atoms. The molecule has 5 nitrogen and oxygen atoms in total. The standard InChI is InChI=1S/C21H16N5/c1-24-17-9-11-22-12-16(17)19-21(24)26(15-7-3-2-4-8-15)20-18-14(13-25(19)20)6-5-10-23-18/h2-12H,13H2,1H3/q+1.